The maximum absolute atomic E-state index is 12.5. The van der Waals surface area contributed by atoms with Crippen LogP contribution in [0.3, 0.4) is 0 Å². The highest BCUT2D eigenvalue weighted by molar-refractivity contribution is 6.30. The van der Waals surface area contributed by atoms with Crippen molar-refractivity contribution >= 4 is 17.5 Å². The number of aliphatic hydroxyl groups is 1. The molecule has 2 rings (SSSR count). The van der Waals surface area contributed by atoms with Crippen molar-refractivity contribution in [3.8, 4) is 0 Å². The number of nitrogens with two attached hydrogens (primary N) is 1. The first kappa shape index (κ1) is 18.2. The van der Waals surface area contributed by atoms with Gasteiger partial charge in [-0.25, -0.2) is 0 Å². The molecule has 1 saturated carbocycles. The van der Waals surface area contributed by atoms with Gasteiger partial charge in [0.05, 0.1) is 12.2 Å². The molecule has 6 heteroatoms. The van der Waals surface area contributed by atoms with Gasteiger partial charge >= 0.3 is 0 Å². The molecule has 0 aliphatic heterocycles. The Labute approximate surface area is 142 Å². The van der Waals surface area contributed by atoms with Crippen LogP contribution in [0.1, 0.15) is 38.9 Å². The van der Waals surface area contributed by atoms with E-state index in [0.717, 1.165) is 0 Å². The Hall–Kier alpha value is -1.14. The lowest BCUT2D eigenvalue weighted by molar-refractivity contribution is -0.170. The average molecular weight is 341 g/mol. The molecule has 5 nitrogen and oxygen atoms in total. The van der Waals surface area contributed by atoms with Crippen molar-refractivity contribution in [2.75, 3.05) is 13.2 Å². The molecule has 128 valence electrons. The summed E-state index contributed by atoms with van der Waals surface area (Å²) in [5, 5.41) is 13.5. The highest BCUT2D eigenvalue weighted by Crippen LogP contribution is 2.49. The van der Waals surface area contributed by atoms with Crippen molar-refractivity contribution in [1.82, 2.24) is 5.32 Å². The molecule has 3 atom stereocenters. The predicted molar refractivity (Wildman–Crippen MR) is 90.2 cm³/mol. The van der Waals surface area contributed by atoms with E-state index in [1.165, 1.54) is 0 Å². The van der Waals surface area contributed by atoms with E-state index in [-0.39, 0.29) is 18.6 Å². The average Bonchev–Trinajstić information content (AvgIpc) is 2.52. The molecular weight excluding hydrogens is 316 g/mol. The fourth-order valence-corrected chi connectivity index (χ4v) is 3.10. The summed E-state index contributed by atoms with van der Waals surface area (Å²) >= 11 is 5.82. The van der Waals surface area contributed by atoms with E-state index in [1.807, 2.05) is 20.8 Å². The summed E-state index contributed by atoms with van der Waals surface area (Å²) in [6.07, 6.45) is -0.341. The van der Waals surface area contributed by atoms with Crippen LogP contribution in [0.4, 0.5) is 0 Å². The standard InChI is InChI=1S/C17H25ClN2O3/c1-4-23-14-9-17(19,16(14,2)3)15(22)20-10-13(21)11-5-7-12(18)8-6-11/h5-8,13-14,21H,4,9-10,19H2,1-3H3,(H,20,22). The normalized spacial score (nSPS) is 27.1. The first-order valence-corrected chi connectivity index (χ1v) is 8.22. The Balaban J connectivity index is 1.93. The first-order valence-electron chi connectivity index (χ1n) is 7.84. The van der Waals surface area contributed by atoms with Crippen molar-refractivity contribution in [2.24, 2.45) is 11.1 Å². The van der Waals surface area contributed by atoms with Crippen LogP contribution < -0.4 is 11.1 Å². The van der Waals surface area contributed by atoms with E-state index >= 15 is 0 Å². The third kappa shape index (κ3) is 3.38. The Bertz CT molecular complexity index is 561. The summed E-state index contributed by atoms with van der Waals surface area (Å²) < 4.78 is 5.62. The molecule has 1 aromatic rings. The molecule has 1 amide bonds. The lowest BCUT2D eigenvalue weighted by Gasteiger charge is -2.57. The first-order chi connectivity index (χ1) is 10.7. The number of amides is 1. The molecule has 1 aromatic carbocycles. The molecular formula is C17H25ClN2O3. The number of benzene rings is 1. The summed E-state index contributed by atoms with van der Waals surface area (Å²) in [6, 6.07) is 6.87. The van der Waals surface area contributed by atoms with Crippen molar-refractivity contribution in [3.05, 3.63) is 34.9 Å². The van der Waals surface area contributed by atoms with Gasteiger partial charge in [0.2, 0.25) is 5.91 Å². The fraction of sp³-hybridized carbons (Fsp3) is 0.588. The SMILES string of the molecule is CCOC1CC(N)(C(=O)NCC(O)c2ccc(Cl)cc2)C1(C)C. The van der Waals surface area contributed by atoms with Crippen molar-refractivity contribution in [3.63, 3.8) is 0 Å². The minimum atomic E-state index is -0.980. The summed E-state index contributed by atoms with van der Waals surface area (Å²) in [5.74, 6) is -0.258. The predicted octanol–water partition coefficient (Wildman–Crippen LogP) is 2.02. The zero-order chi connectivity index (χ0) is 17.3. The maximum atomic E-state index is 12.5. The third-order valence-corrected chi connectivity index (χ3v) is 5.20. The van der Waals surface area contributed by atoms with Crippen LogP contribution >= 0.6 is 11.6 Å². The van der Waals surface area contributed by atoms with Crippen LogP contribution in [0.15, 0.2) is 24.3 Å². The quantitative estimate of drug-likeness (QED) is 0.739. The van der Waals surface area contributed by atoms with E-state index in [0.29, 0.717) is 23.6 Å². The number of nitrogens with one attached hydrogen (secondary N) is 1. The number of carbonyl (C=O) groups excluding carboxylic acids is 1. The Kier molecular flexibility index (Phi) is 5.36. The van der Waals surface area contributed by atoms with E-state index in [2.05, 4.69) is 5.32 Å². The molecule has 4 N–H and O–H groups in total. The fourth-order valence-electron chi connectivity index (χ4n) is 2.97. The van der Waals surface area contributed by atoms with E-state index in [1.54, 1.807) is 24.3 Å². The molecule has 23 heavy (non-hydrogen) atoms. The lowest BCUT2D eigenvalue weighted by Crippen LogP contribution is -2.75. The van der Waals surface area contributed by atoms with Crippen molar-refractivity contribution in [2.45, 2.75) is 44.9 Å². The number of rotatable bonds is 6. The van der Waals surface area contributed by atoms with Crippen molar-refractivity contribution in [1.29, 1.82) is 0 Å². The summed E-state index contributed by atoms with van der Waals surface area (Å²) in [6.45, 7) is 6.50. The van der Waals surface area contributed by atoms with Gasteiger partial charge in [-0.05, 0) is 24.6 Å². The number of hydrogen-bond acceptors (Lipinski definition) is 4. The zero-order valence-electron chi connectivity index (χ0n) is 13.8. The summed E-state index contributed by atoms with van der Waals surface area (Å²) in [7, 11) is 0. The number of ether oxygens (including phenoxy) is 1. The third-order valence-electron chi connectivity index (χ3n) is 4.95. The molecule has 0 radical (unpaired) electrons. The Morgan fingerprint density at radius 3 is 2.61 bits per heavy atom. The second-order valence-electron chi connectivity index (χ2n) is 6.62. The molecule has 0 bridgehead atoms. The number of carbonyl (C=O) groups is 1. The summed E-state index contributed by atoms with van der Waals surface area (Å²) in [4.78, 5) is 12.5. The minimum Gasteiger partial charge on any atom is -0.387 e. The number of halogens is 1. The molecule has 0 aromatic heterocycles. The summed E-state index contributed by atoms with van der Waals surface area (Å²) in [5.41, 5.74) is 5.57. The maximum Gasteiger partial charge on any atom is 0.240 e. The Morgan fingerprint density at radius 2 is 2.09 bits per heavy atom. The van der Waals surface area contributed by atoms with Gasteiger partial charge in [0, 0.05) is 30.0 Å². The second-order valence-corrected chi connectivity index (χ2v) is 7.05. The van der Waals surface area contributed by atoms with E-state index in [4.69, 9.17) is 22.1 Å². The van der Waals surface area contributed by atoms with Gasteiger partial charge in [-0.15, -0.1) is 0 Å². The van der Waals surface area contributed by atoms with Gasteiger partial charge in [-0.3, -0.25) is 4.79 Å². The molecule has 0 saturated heterocycles. The van der Waals surface area contributed by atoms with Crippen LogP contribution in [0.25, 0.3) is 0 Å². The van der Waals surface area contributed by atoms with Crippen LogP contribution in [-0.4, -0.2) is 35.8 Å². The molecule has 0 heterocycles. The zero-order valence-corrected chi connectivity index (χ0v) is 14.6. The highest BCUT2D eigenvalue weighted by atomic mass is 35.5. The van der Waals surface area contributed by atoms with Crippen LogP contribution in [0.2, 0.25) is 5.02 Å². The van der Waals surface area contributed by atoms with Gasteiger partial charge in [0.1, 0.15) is 5.54 Å². The monoisotopic (exact) mass is 340 g/mol. The number of aliphatic hydroxyl groups excluding tert-OH is 1. The minimum absolute atomic E-state index is 0.0237. The van der Waals surface area contributed by atoms with Crippen LogP contribution in [0, 0.1) is 5.41 Å². The van der Waals surface area contributed by atoms with E-state index < -0.39 is 17.1 Å². The smallest absolute Gasteiger partial charge is 0.240 e. The van der Waals surface area contributed by atoms with Crippen molar-refractivity contribution < 1.29 is 14.6 Å². The molecule has 1 aliphatic carbocycles. The number of hydrogen-bond donors (Lipinski definition) is 3. The molecule has 3 unspecified atom stereocenters. The van der Waals surface area contributed by atoms with Gasteiger partial charge < -0.3 is 20.9 Å². The molecule has 1 aliphatic rings. The topological polar surface area (TPSA) is 84.6 Å². The van der Waals surface area contributed by atoms with Crippen LogP contribution in [-0.2, 0) is 9.53 Å². The molecule has 1 fully saturated rings. The lowest BCUT2D eigenvalue weighted by atomic mass is 9.54. The van der Waals surface area contributed by atoms with Gasteiger partial charge in [0.15, 0.2) is 0 Å². The van der Waals surface area contributed by atoms with Gasteiger partial charge in [-0.2, -0.15) is 0 Å². The largest absolute Gasteiger partial charge is 0.387 e. The van der Waals surface area contributed by atoms with Gasteiger partial charge in [0.25, 0.3) is 0 Å². The highest BCUT2D eigenvalue weighted by Gasteiger charge is 2.62. The van der Waals surface area contributed by atoms with Crippen LogP contribution in [0.5, 0.6) is 0 Å². The van der Waals surface area contributed by atoms with Gasteiger partial charge in [-0.1, -0.05) is 37.6 Å². The molecule has 0 spiro atoms. The Morgan fingerprint density at radius 1 is 1.48 bits per heavy atom. The van der Waals surface area contributed by atoms with E-state index in [9.17, 15) is 9.90 Å². The second kappa shape index (κ2) is 6.77.